The van der Waals surface area contributed by atoms with Crippen molar-refractivity contribution in [2.24, 2.45) is 11.8 Å². The van der Waals surface area contributed by atoms with Gasteiger partial charge in [0, 0.05) is 18.7 Å². The molecule has 0 radical (unpaired) electrons. The van der Waals surface area contributed by atoms with E-state index in [0.717, 1.165) is 5.92 Å². The van der Waals surface area contributed by atoms with Gasteiger partial charge in [0.1, 0.15) is 0 Å². The lowest BCUT2D eigenvalue weighted by molar-refractivity contribution is 0.179. The minimum Gasteiger partial charge on any atom is -0.396 e. The average molecular weight is 227 g/mol. The van der Waals surface area contributed by atoms with Gasteiger partial charge in [-0.15, -0.1) is 0 Å². The monoisotopic (exact) mass is 227 g/mol. The van der Waals surface area contributed by atoms with Crippen molar-refractivity contribution < 1.29 is 5.11 Å². The molecule has 0 aromatic carbocycles. The Morgan fingerprint density at radius 2 is 1.81 bits per heavy atom. The van der Waals surface area contributed by atoms with Crippen LogP contribution in [-0.2, 0) is 0 Å². The van der Waals surface area contributed by atoms with Crippen molar-refractivity contribution in [2.45, 2.75) is 71.4 Å². The van der Waals surface area contributed by atoms with Crippen LogP contribution in [0, 0.1) is 11.8 Å². The van der Waals surface area contributed by atoms with Gasteiger partial charge in [-0.3, -0.25) is 0 Å². The average Bonchev–Trinajstić information content (AvgIpc) is 2.35. The van der Waals surface area contributed by atoms with Crippen molar-refractivity contribution in [3.8, 4) is 0 Å². The summed E-state index contributed by atoms with van der Waals surface area (Å²) < 4.78 is 0. The van der Waals surface area contributed by atoms with E-state index in [-0.39, 0.29) is 6.61 Å². The SMILES string of the molecule is CCC(NC(C)C(C)CO)C1CCCCC1. The highest BCUT2D eigenvalue weighted by Gasteiger charge is 2.24. The molecule has 0 aliphatic heterocycles. The summed E-state index contributed by atoms with van der Waals surface area (Å²) >= 11 is 0. The molecule has 0 aromatic heterocycles. The molecule has 1 fully saturated rings. The van der Waals surface area contributed by atoms with Crippen molar-refractivity contribution in [3.05, 3.63) is 0 Å². The van der Waals surface area contributed by atoms with Crippen molar-refractivity contribution >= 4 is 0 Å². The third kappa shape index (κ3) is 4.06. The van der Waals surface area contributed by atoms with Crippen LogP contribution in [0.3, 0.4) is 0 Å². The summed E-state index contributed by atoms with van der Waals surface area (Å²) in [5, 5.41) is 12.9. The molecule has 1 rings (SSSR count). The highest BCUT2D eigenvalue weighted by atomic mass is 16.3. The van der Waals surface area contributed by atoms with E-state index in [4.69, 9.17) is 5.11 Å². The molecular weight excluding hydrogens is 198 g/mol. The number of nitrogens with one attached hydrogen (secondary N) is 1. The van der Waals surface area contributed by atoms with Crippen LogP contribution >= 0.6 is 0 Å². The standard InChI is InChI=1S/C14H29NO/c1-4-14(13-8-6-5-7-9-13)15-12(3)11(2)10-16/h11-16H,4-10H2,1-3H3. The van der Waals surface area contributed by atoms with E-state index in [1.807, 2.05) is 0 Å². The quantitative estimate of drug-likeness (QED) is 0.731. The second kappa shape index (κ2) is 7.29. The molecule has 0 heterocycles. The predicted octanol–water partition coefficient (Wildman–Crippen LogP) is 2.95. The Hall–Kier alpha value is -0.0800. The van der Waals surface area contributed by atoms with Crippen molar-refractivity contribution in [1.29, 1.82) is 0 Å². The Labute approximate surface area is 101 Å². The molecular formula is C14H29NO. The van der Waals surface area contributed by atoms with Gasteiger partial charge < -0.3 is 10.4 Å². The lowest BCUT2D eigenvalue weighted by atomic mass is 9.82. The molecule has 2 heteroatoms. The minimum absolute atomic E-state index is 0.287. The molecule has 96 valence electrons. The van der Waals surface area contributed by atoms with E-state index in [2.05, 4.69) is 26.1 Å². The van der Waals surface area contributed by atoms with E-state index in [1.54, 1.807) is 0 Å². The van der Waals surface area contributed by atoms with E-state index < -0.39 is 0 Å². The Balaban J connectivity index is 2.40. The fourth-order valence-electron chi connectivity index (χ4n) is 2.78. The number of aliphatic hydroxyl groups excluding tert-OH is 1. The summed E-state index contributed by atoms with van der Waals surface area (Å²) in [5.41, 5.74) is 0. The highest BCUT2D eigenvalue weighted by Crippen LogP contribution is 2.28. The second-order valence-corrected chi connectivity index (χ2v) is 5.53. The highest BCUT2D eigenvalue weighted by molar-refractivity contribution is 4.81. The third-order valence-corrected chi connectivity index (χ3v) is 4.28. The normalized spacial score (nSPS) is 24.0. The summed E-state index contributed by atoms with van der Waals surface area (Å²) in [6.45, 7) is 6.88. The van der Waals surface area contributed by atoms with E-state index in [1.165, 1.54) is 38.5 Å². The van der Waals surface area contributed by atoms with Gasteiger partial charge in [0.15, 0.2) is 0 Å². The molecule has 0 spiro atoms. The number of rotatable bonds is 6. The maximum atomic E-state index is 9.16. The molecule has 0 amide bonds. The largest absolute Gasteiger partial charge is 0.396 e. The molecule has 1 aliphatic carbocycles. The smallest absolute Gasteiger partial charge is 0.0471 e. The Kier molecular flexibility index (Phi) is 6.37. The summed E-state index contributed by atoms with van der Waals surface area (Å²) in [6, 6.07) is 1.08. The first kappa shape index (κ1) is 14.0. The third-order valence-electron chi connectivity index (χ3n) is 4.28. The van der Waals surface area contributed by atoms with Crippen molar-refractivity contribution in [1.82, 2.24) is 5.32 Å². The number of hydrogen-bond donors (Lipinski definition) is 2. The number of hydrogen-bond acceptors (Lipinski definition) is 2. The molecule has 3 unspecified atom stereocenters. The van der Waals surface area contributed by atoms with Gasteiger partial charge >= 0.3 is 0 Å². The Morgan fingerprint density at radius 1 is 1.19 bits per heavy atom. The first-order valence-electron chi connectivity index (χ1n) is 7.06. The lowest BCUT2D eigenvalue weighted by Gasteiger charge is -2.34. The second-order valence-electron chi connectivity index (χ2n) is 5.53. The Bertz CT molecular complexity index is 178. The van der Waals surface area contributed by atoms with E-state index >= 15 is 0 Å². The zero-order valence-corrected chi connectivity index (χ0v) is 11.2. The van der Waals surface area contributed by atoms with Crippen LogP contribution in [0.2, 0.25) is 0 Å². The molecule has 3 atom stereocenters. The van der Waals surface area contributed by atoms with Crippen LogP contribution < -0.4 is 5.32 Å². The minimum atomic E-state index is 0.287. The van der Waals surface area contributed by atoms with Crippen molar-refractivity contribution in [2.75, 3.05) is 6.61 Å². The topological polar surface area (TPSA) is 32.3 Å². The molecule has 0 saturated heterocycles. The van der Waals surface area contributed by atoms with Gasteiger partial charge in [-0.25, -0.2) is 0 Å². The van der Waals surface area contributed by atoms with E-state index in [9.17, 15) is 0 Å². The van der Waals surface area contributed by atoms with Crippen LogP contribution in [0.15, 0.2) is 0 Å². The van der Waals surface area contributed by atoms with Crippen LogP contribution in [0.5, 0.6) is 0 Å². The summed E-state index contributed by atoms with van der Waals surface area (Å²) in [5.74, 6) is 1.23. The van der Waals surface area contributed by atoms with Gasteiger partial charge in [-0.2, -0.15) is 0 Å². The molecule has 0 bridgehead atoms. The van der Waals surface area contributed by atoms with Crippen LogP contribution in [0.4, 0.5) is 0 Å². The predicted molar refractivity (Wildman–Crippen MR) is 69.5 cm³/mol. The molecule has 1 aliphatic rings. The fourth-order valence-corrected chi connectivity index (χ4v) is 2.78. The number of aliphatic hydroxyl groups is 1. The van der Waals surface area contributed by atoms with Gasteiger partial charge in [-0.1, -0.05) is 33.1 Å². The van der Waals surface area contributed by atoms with Crippen LogP contribution in [0.1, 0.15) is 59.3 Å². The first-order chi connectivity index (χ1) is 7.69. The molecule has 2 N–H and O–H groups in total. The molecule has 0 aromatic rings. The van der Waals surface area contributed by atoms with Gasteiger partial charge in [-0.05, 0) is 38.0 Å². The van der Waals surface area contributed by atoms with Gasteiger partial charge in [0.2, 0.25) is 0 Å². The van der Waals surface area contributed by atoms with Crippen LogP contribution in [0.25, 0.3) is 0 Å². The lowest BCUT2D eigenvalue weighted by Crippen LogP contribution is -2.45. The van der Waals surface area contributed by atoms with Crippen LogP contribution in [-0.4, -0.2) is 23.8 Å². The van der Waals surface area contributed by atoms with Gasteiger partial charge in [0.25, 0.3) is 0 Å². The molecule has 2 nitrogen and oxygen atoms in total. The zero-order chi connectivity index (χ0) is 12.0. The molecule has 1 saturated carbocycles. The molecule has 16 heavy (non-hydrogen) atoms. The van der Waals surface area contributed by atoms with E-state index in [0.29, 0.717) is 18.0 Å². The maximum Gasteiger partial charge on any atom is 0.0471 e. The first-order valence-corrected chi connectivity index (χ1v) is 7.06. The summed E-state index contributed by atoms with van der Waals surface area (Å²) in [4.78, 5) is 0. The summed E-state index contributed by atoms with van der Waals surface area (Å²) in [7, 11) is 0. The van der Waals surface area contributed by atoms with Crippen molar-refractivity contribution in [3.63, 3.8) is 0 Å². The summed E-state index contributed by atoms with van der Waals surface area (Å²) in [6.07, 6.45) is 8.25. The van der Waals surface area contributed by atoms with Gasteiger partial charge in [0.05, 0.1) is 0 Å². The maximum absolute atomic E-state index is 9.16. The fraction of sp³-hybridized carbons (Fsp3) is 1.00. The zero-order valence-electron chi connectivity index (χ0n) is 11.2. The Morgan fingerprint density at radius 3 is 2.31 bits per heavy atom.